The van der Waals surface area contributed by atoms with Crippen LogP contribution in [0.3, 0.4) is 0 Å². The summed E-state index contributed by atoms with van der Waals surface area (Å²) in [4.78, 5) is 11.6. The number of ether oxygens (including phenoxy) is 1. The highest BCUT2D eigenvalue weighted by Crippen LogP contribution is 2.23. The van der Waals surface area contributed by atoms with Gasteiger partial charge in [-0.15, -0.1) is 0 Å². The molecule has 0 saturated carbocycles. The summed E-state index contributed by atoms with van der Waals surface area (Å²) in [6.07, 6.45) is 0. The van der Waals surface area contributed by atoms with Crippen LogP contribution in [0.2, 0.25) is 0 Å². The maximum Gasteiger partial charge on any atom is 0.206 e. The molecule has 0 spiro atoms. The van der Waals surface area contributed by atoms with Gasteiger partial charge in [-0.2, -0.15) is 5.10 Å². The minimum absolute atomic E-state index is 0.120. The van der Waals surface area contributed by atoms with Crippen LogP contribution in [0, 0.1) is 13.8 Å². The van der Waals surface area contributed by atoms with Gasteiger partial charge in [0.15, 0.2) is 0 Å². The normalized spacial score (nSPS) is 10.5. The van der Waals surface area contributed by atoms with E-state index in [2.05, 4.69) is 5.10 Å². The first-order chi connectivity index (χ1) is 9.06. The zero-order chi connectivity index (χ0) is 14.0. The minimum Gasteiger partial charge on any atom is -0.494 e. The summed E-state index contributed by atoms with van der Waals surface area (Å²) in [5, 5.41) is 13.3. The molecule has 0 unspecified atom stereocenters. The first-order valence-electron chi connectivity index (χ1n) is 5.92. The number of benzene rings is 1. The van der Waals surface area contributed by atoms with Gasteiger partial charge in [0.2, 0.25) is 5.43 Å². The Morgan fingerprint density at radius 3 is 2.68 bits per heavy atom. The topological polar surface area (TPSA) is 64.3 Å². The summed E-state index contributed by atoms with van der Waals surface area (Å²) in [6.45, 7) is 3.37. The third-order valence-corrected chi connectivity index (χ3v) is 2.89. The third-order valence-electron chi connectivity index (χ3n) is 2.89. The van der Waals surface area contributed by atoms with Gasteiger partial charge in [0.05, 0.1) is 13.7 Å². The largest absolute Gasteiger partial charge is 0.494 e. The molecule has 19 heavy (non-hydrogen) atoms. The lowest BCUT2D eigenvalue weighted by Crippen LogP contribution is -2.19. The van der Waals surface area contributed by atoms with Gasteiger partial charge < -0.3 is 9.84 Å². The number of hydrogen-bond acceptors (Lipinski definition) is 4. The molecule has 0 bridgehead atoms. The highest BCUT2D eigenvalue weighted by Gasteiger charge is 2.11. The molecule has 0 atom stereocenters. The van der Waals surface area contributed by atoms with Crippen LogP contribution in [0.25, 0.3) is 5.69 Å². The zero-order valence-corrected chi connectivity index (χ0v) is 11.2. The van der Waals surface area contributed by atoms with Gasteiger partial charge in [-0.3, -0.25) is 4.79 Å². The number of aliphatic hydroxyl groups is 1. The number of aryl methyl sites for hydroxylation is 2. The van der Waals surface area contributed by atoms with E-state index in [9.17, 15) is 4.79 Å². The molecule has 0 aliphatic rings. The molecule has 1 aromatic heterocycles. The molecule has 100 valence electrons. The van der Waals surface area contributed by atoms with E-state index in [-0.39, 0.29) is 17.7 Å². The van der Waals surface area contributed by atoms with Crippen LogP contribution in [-0.4, -0.2) is 22.0 Å². The lowest BCUT2D eigenvalue weighted by Gasteiger charge is -2.14. The quantitative estimate of drug-likeness (QED) is 0.904. The highest BCUT2D eigenvalue weighted by atomic mass is 16.5. The molecular formula is C14H16N2O3. The van der Waals surface area contributed by atoms with Gasteiger partial charge in [0.1, 0.15) is 17.1 Å². The van der Waals surface area contributed by atoms with Gasteiger partial charge >= 0.3 is 0 Å². The van der Waals surface area contributed by atoms with Crippen molar-refractivity contribution in [3.63, 3.8) is 0 Å². The maximum absolute atomic E-state index is 11.6. The molecule has 0 radical (unpaired) electrons. The Bertz CT molecular complexity index is 662. The number of rotatable bonds is 3. The Balaban J connectivity index is 2.71. The fourth-order valence-corrected chi connectivity index (χ4v) is 1.90. The predicted octanol–water partition coefficient (Wildman–Crippen LogP) is 1.35. The van der Waals surface area contributed by atoms with E-state index in [4.69, 9.17) is 9.84 Å². The molecule has 2 aromatic rings. The molecule has 1 aromatic carbocycles. The third kappa shape index (κ3) is 2.51. The fraction of sp³-hybridized carbons (Fsp3) is 0.286. The van der Waals surface area contributed by atoms with Crippen LogP contribution in [0.1, 0.15) is 17.0 Å². The van der Waals surface area contributed by atoms with Crippen molar-refractivity contribution < 1.29 is 9.84 Å². The SMILES string of the molecule is COc1ccc(C)cc1-n1nc(CO)c(=O)cc1C. The smallest absolute Gasteiger partial charge is 0.206 e. The number of aromatic nitrogens is 2. The molecule has 1 N–H and O–H groups in total. The van der Waals surface area contributed by atoms with Crippen LogP contribution in [0.4, 0.5) is 0 Å². The Kier molecular flexibility index (Phi) is 3.66. The number of methoxy groups -OCH3 is 1. The van der Waals surface area contributed by atoms with Crippen molar-refractivity contribution >= 4 is 0 Å². The number of aliphatic hydroxyl groups excluding tert-OH is 1. The van der Waals surface area contributed by atoms with Crippen molar-refractivity contribution in [2.75, 3.05) is 7.11 Å². The average Bonchev–Trinajstić information content (AvgIpc) is 2.39. The van der Waals surface area contributed by atoms with Gasteiger partial charge in [0, 0.05) is 11.8 Å². The molecule has 5 heteroatoms. The van der Waals surface area contributed by atoms with Crippen LogP contribution in [-0.2, 0) is 6.61 Å². The van der Waals surface area contributed by atoms with Crippen LogP contribution in [0.5, 0.6) is 5.75 Å². The minimum atomic E-state index is -0.382. The molecule has 0 aliphatic carbocycles. The van der Waals surface area contributed by atoms with Crippen LogP contribution >= 0.6 is 0 Å². The number of hydrogen-bond donors (Lipinski definition) is 1. The maximum atomic E-state index is 11.6. The average molecular weight is 260 g/mol. The van der Waals surface area contributed by atoms with E-state index in [0.717, 1.165) is 11.3 Å². The molecule has 2 rings (SSSR count). The van der Waals surface area contributed by atoms with Crippen LogP contribution in [0.15, 0.2) is 29.1 Å². The van der Waals surface area contributed by atoms with Crippen molar-refractivity contribution in [1.82, 2.24) is 9.78 Å². The molecule has 5 nitrogen and oxygen atoms in total. The molecular weight excluding hydrogens is 244 g/mol. The zero-order valence-electron chi connectivity index (χ0n) is 11.2. The highest BCUT2D eigenvalue weighted by molar-refractivity contribution is 5.49. The predicted molar refractivity (Wildman–Crippen MR) is 71.8 cm³/mol. The van der Waals surface area contributed by atoms with Crippen molar-refractivity contribution in [3.8, 4) is 11.4 Å². The van der Waals surface area contributed by atoms with Gasteiger partial charge in [-0.1, -0.05) is 6.07 Å². The summed E-state index contributed by atoms with van der Waals surface area (Å²) in [6, 6.07) is 7.17. The molecule has 1 heterocycles. The van der Waals surface area contributed by atoms with Crippen molar-refractivity contribution in [2.45, 2.75) is 20.5 Å². The summed E-state index contributed by atoms with van der Waals surface area (Å²) in [5.74, 6) is 0.661. The second kappa shape index (κ2) is 5.24. The summed E-state index contributed by atoms with van der Waals surface area (Å²) >= 11 is 0. The van der Waals surface area contributed by atoms with Gasteiger partial charge in [-0.25, -0.2) is 4.68 Å². The standard InChI is InChI=1S/C14H16N2O3/c1-9-4-5-14(19-3)12(6-9)16-10(2)7-13(18)11(8-17)15-16/h4-7,17H,8H2,1-3H3. The Labute approximate surface area is 111 Å². The van der Waals surface area contributed by atoms with E-state index in [1.165, 1.54) is 6.07 Å². The second-order valence-corrected chi connectivity index (χ2v) is 4.34. The summed E-state index contributed by atoms with van der Waals surface area (Å²) in [7, 11) is 1.58. The number of nitrogens with zero attached hydrogens (tertiary/aromatic N) is 2. The van der Waals surface area contributed by atoms with Gasteiger partial charge in [0.25, 0.3) is 0 Å². The fourth-order valence-electron chi connectivity index (χ4n) is 1.90. The van der Waals surface area contributed by atoms with Crippen molar-refractivity contribution in [2.24, 2.45) is 0 Å². The molecule has 0 fully saturated rings. The Hall–Kier alpha value is -2.14. The molecule has 0 amide bonds. The lowest BCUT2D eigenvalue weighted by molar-refractivity contribution is 0.272. The van der Waals surface area contributed by atoms with Crippen LogP contribution < -0.4 is 10.2 Å². The van der Waals surface area contributed by atoms with E-state index in [1.807, 2.05) is 25.1 Å². The van der Waals surface area contributed by atoms with E-state index in [0.29, 0.717) is 11.4 Å². The summed E-state index contributed by atoms with van der Waals surface area (Å²) < 4.78 is 6.92. The first kappa shape index (κ1) is 13.3. The second-order valence-electron chi connectivity index (χ2n) is 4.34. The molecule has 0 aliphatic heterocycles. The van der Waals surface area contributed by atoms with Gasteiger partial charge in [-0.05, 0) is 31.5 Å². The summed E-state index contributed by atoms with van der Waals surface area (Å²) in [5.41, 5.74) is 2.35. The van der Waals surface area contributed by atoms with E-state index >= 15 is 0 Å². The molecule has 0 saturated heterocycles. The monoisotopic (exact) mass is 260 g/mol. The Morgan fingerprint density at radius 1 is 1.32 bits per heavy atom. The Morgan fingerprint density at radius 2 is 2.05 bits per heavy atom. The lowest BCUT2D eigenvalue weighted by atomic mass is 10.2. The first-order valence-corrected chi connectivity index (χ1v) is 5.92. The van der Waals surface area contributed by atoms with E-state index in [1.54, 1.807) is 18.7 Å². The van der Waals surface area contributed by atoms with Crippen molar-refractivity contribution in [3.05, 3.63) is 51.4 Å². The van der Waals surface area contributed by atoms with E-state index < -0.39 is 0 Å². The van der Waals surface area contributed by atoms with Crippen molar-refractivity contribution in [1.29, 1.82) is 0 Å².